The van der Waals surface area contributed by atoms with Crippen LogP contribution in [0.2, 0.25) is 0 Å². The molecule has 17 heavy (non-hydrogen) atoms. The third kappa shape index (κ3) is 2.00. The van der Waals surface area contributed by atoms with Gasteiger partial charge in [0.05, 0.1) is 5.60 Å². The highest BCUT2D eigenvalue weighted by molar-refractivity contribution is 5.36. The Hall–Kier alpha value is -0.860. The van der Waals surface area contributed by atoms with Gasteiger partial charge in [-0.05, 0) is 37.9 Å². The van der Waals surface area contributed by atoms with Gasteiger partial charge in [0, 0.05) is 12.0 Å². The zero-order valence-electron chi connectivity index (χ0n) is 11.3. The smallest absolute Gasteiger partial charge is 0.0973 e. The maximum Gasteiger partial charge on any atom is 0.0973 e. The van der Waals surface area contributed by atoms with Crippen molar-refractivity contribution in [1.82, 2.24) is 5.32 Å². The second-order valence-electron chi connectivity index (χ2n) is 5.99. The van der Waals surface area contributed by atoms with Crippen LogP contribution in [0.1, 0.15) is 37.0 Å². The summed E-state index contributed by atoms with van der Waals surface area (Å²) in [5.41, 5.74) is 2.69. The summed E-state index contributed by atoms with van der Waals surface area (Å²) in [5.74, 6) is 0. The fourth-order valence-electron chi connectivity index (χ4n) is 2.93. The summed E-state index contributed by atoms with van der Waals surface area (Å²) >= 11 is 0. The normalized spacial score (nSPS) is 28.1. The minimum absolute atomic E-state index is 0.134. The number of aryl methyl sites for hydroxylation is 2. The fraction of sp³-hybridized carbons (Fsp3) is 0.600. The molecule has 1 heterocycles. The topological polar surface area (TPSA) is 32.3 Å². The van der Waals surface area contributed by atoms with Crippen molar-refractivity contribution in [2.24, 2.45) is 5.41 Å². The number of benzene rings is 1. The largest absolute Gasteiger partial charge is 0.384 e. The second-order valence-corrected chi connectivity index (χ2v) is 5.99. The van der Waals surface area contributed by atoms with Gasteiger partial charge in [0.25, 0.3) is 0 Å². The lowest BCUT2D eigenvalue weighted by molar-refractivity contribution is -0.0949. The Morgan fingerprint density at radius 2 is 1.94 bits per heavy atom. The van der Waals surface area contributed by atoms with Gasteiger partial charge in [-0.25, -0.2) is 0 Å². The van der Waals surface area contributed by atoms with Crippen molar-refractivity contribution < 1.29 is 5.11 Å². The monoisotopic (exact) mass is 233 g/mol. The van der Waals surface area contributed by atoms with Gasteiger partial charge in [0.2, 0.25) is 0 Å². The molecule has 1 saturated heterocycles. The van der Waals surface area contributed by atoms with E-state index in [2.05, 4.69) is 51.2 Å². The number of piperidine rings is 1. The molecule has 0 saturated carbocycles. The molecule has 0 bridgehead atoms. The number of nitrogens with one attached hydrogen (secondary N) is 1. The highest BCUT2D eigenvalue weighted by Gasteiger charge is 2.47. The summed E-state index contributed by atoms with van der Waals surface area (Å²) in [7, 11) is 0. The van der Waals surface area contributed by atoms with Crippen LogP contribution in [-0.4, -0.2) is 18.2 Å². The van der Waals surface area contributed by atoms with E-state index in [1.54, 1.807) is 0 Å². The molecular formula is C15H23NO. The van der Waals surface area contributed by atoms with Gasteiger partial charge in [0.1, 0.15) is 0 Å². The van der Waals surface area contributed by atoms with E-state index < -0.39 is 5.60 Å². The van der Waals surface area contributed by atoms with Crippen LogP contribution in [0, 0.1) is 19.3 Å². The number of hydrogen-bond donors (Lipinski definition) is 2. The molecule has 2 rings (SSSR count). The number of hydrogen-bond acceptors (Lipinski definition) is 2. The number of rotatable bonds is 1. The average Bonchev–Trinajstić information content (AvgIpc) is 2.22. The lowest BCUT2D eigenvalue weighted by Crippen LogP contribution is -2.54. The molecule has 1 aliphatic heterocycles. The van der Waals surface area contributed by atoms with Gasteiger partial charge in [-0.1, -0.05) is 37.6 Å². The van der Waals surface area contributed by atoms with E-state index in [4.69, 9.17) is 0 Å². The van der Waals surface area contributed by atoms with E-state index in [1.165, 1.54) is 11.1 Å². The van der Waals surface area contributed by atoms with E-state index in [-0.39, 0.29) is 5.41 Å². The van der Waals surface area contributed by atoms with Crippen LogP contribution < -0.4 is 5.32 Å². The molecule has 1 atom stereocenters. The molecule has 1 unspecified atom stereocenters. The Balaban J connectivity index is 2.49. The van der Waals surface area contributed by atoms with Crippen LogP contribution in [0.4, 0.5) is 0 Å². The lowest BCUT2D eigenvalue weighted by Gasteiger charge is -2.47. The molecule has 0 radical (unpaired) electrons. The summed E-state index contributed by atoms with van der Waals surface area (Å²) in [6, 6.07) is 6.35. The standard InChI is InChI=1S/C15H23NO/c1-11-5-6-13(12(2)9-11)15(17)7-8-16-10-14(15,3)4/h5-6,9,16-17H,7-8,10H2,1-4H3. The predicted molar refractivity (Wildman–Crippen MR) is 71.1 cm³/mol. The van der Waals surface area contributed by atoms with Gasteiger partial charge >= 0.3 is 0 Å². The van der Waals surface area contributed by atoms with Crippen molar-refractivity contribution in [3.05, 3.63) is 34.9 Å². The number of aliphatic hydroxyl groups is 1. The summed E-state index contributed by atoms with van der Waals surface area (Å²) in [6.45, 7) is 10.2. The van der Waals surface area contributed by atoms with E-state index in [9.17, 15) is 5.11 Å². The lowest BCUT2D eigenvalue weighted by atomic mass is 9.66. The molecule has 2 heteroatoms. The van der Waals surface area contributed by atoms with E-state index in [1.807, 2.05) is 0 Å². The van der Waals surface area contributed by atoms with Crippen LogP contribution in [0.25, 0.3) is 0 Å². The highest BCUT2D eigenvalue weighted by atomic mass is 16.3. The van der Waals surface area contributed by atoms with Crippen LogP contribution >= 0.6 is 0 Å². The third-order valence-corrected chi connectivity index (χ3v) is 4.18. The van der Waals surface area contributed by atoms with Crippen LogP contribution in [0.3, 0.4) is 0 Å². The van der Waals surface area contributed by atoms with Crippen molar-refractivity contribution in [2.75, 3.05) is 13.1 Å². The molecule has 94 valence electrons. The maximum absolute atomic E-state index is 11.1. The molecule has 0 aliphatic carbocycles. The summed E-state index contributed by atoms with van der Waals surface area (Å²) in [5, 5.41) is 14.5. The van der Waals surface area contributed by atoms with Crippen molar-refractivity contribution in [1.29, 1.82) is 0 Å². The molecule has 0 spiro atoms. The van der Waals surface area contributed by atoms with Gasteiger partial charge < -0.3 is 10.4 Å². The minimum Gasteiger partial charge on any atom is -0.384 e. The zero-order valence-corrected chi connectivity index (χ0v) is 11.3. The van der Waals surface area contributed by atoms with Crippen molar-refractivity contribution in [3.63, 3.8) is 0 Å². The SMILES string of the molecule is Cc1ccc(C2(O)CCNCC2(C)C)c(C)c1. The van der Waals surface area contributed by atoms with Gasteiger partial charge in [-0.2, -0.15) is 0 Å². The first-order valence-corrected chi connectivity index (χ1v) is 6.38. The van der Waals surface area contributed by atoms with Gasteiger partial charge in [-0.15, -0.1) is 0 Å². The molecular weight excluding hydrogens is 210 g/mol. The van der Waals surface area contributed by atoms with Crippen molar-refractivity contribution in [2.45, 2.75) is 39.7 Å². The Bertz CT molecular complexity index is 425. The molecule has 2 nitrogen and oxygen atoms in total. The Kier molecular flexibility index (Phi) is 3.04. The highest BCUT2D eigenvalue weighted by Crippen LogP contribution is 2.44. The predicted octanol–water partition coefficient (Wildman–Crippen LogP) is 2.51. The first-order chi connectivity index (χ1) is 7.87. The maximum atomic E-state index is 11.1. The average molecular weight is 233 g/mol. The van der Waals surface area contributed by atoms with E-state index in [0.717, 1.165) is 25.1 Å². The minimum atomic E-state index is -0.712. The Labute approximate surface area is 104 Å². The molecule has 1 aliphatic rings. The zero-order chi connectivity index (χ0) is 12.7. The molecule has 0 aromatic heterocycles. The molecule has 1 aromatic carbocycles. The third-order valence-electron chi connectivity index (χ3n) is 4.18. The molecule has 1 fully saturated rings. The summed E-state index contributed by atoms with van der Waals surface area (Å²) < 4.78 is 0. The first-order valence-electron chi connectivity index (χ1n) is 6.38. The quantitative estimate of drug-likeness (QED) is 0.781. The van der Waals surface area contributed by atoms with Gasteiger partial charge in [0.15, 0.2) is 0 Å². The van der Waals surface area contributed by atoms with Crippen LogP contribution in [0.15, 0.2) is 18.2 Å². The molecule has 1 aromatic rings. The van der Waals surface area contributed by atoms with Crippen molar-refractivity contribution in [3.8, 4) is 0 Å². The van der Waals surface area contributed by atoms with Crippen LogP contribution in [-0.2, 0) is 5.60 Å². The van der Waals surface area contributed by atoms with E-state index >= 15 is 0 Å². The molecule has 0 amide bonds. The van der Waals surface area contributed by atoms with E-state index in [0.29, 0.717) is 0 Å². The van der Waals surface area contributed by atoms with Crippen molar-refractivity contribution >= 4 is 0 Å². The Morgan fingerprint density at radius 1 is 1.24 bits per heavy atom. The summed E-state index contributed by atoms with van der Waals surface area (Å²) in [6.07, 6.45) is 0.782. The summed E-state index contributed by atoms with van der Waals surface area (Å²) in [4.78, 5) is 0. The fourth-order valence-corrected chi connectivity index (χ4v) is 2.93. The molecule has 2 N–H and O–H groups in total. The Morgan fingerprint density at radius 3 is 2.53 bits per heavy atom. The first kappa shape index (κ1) is 12.6. The van der Waals surface area contributed by atoms with Gasteiger partial charge in [-0.3, -0.25) is 0 Å². The van der Waals surface area contributed by atoms with Crippen LogP contribution in [0.5, 0.6) is 0 Å². The second kappa shape index (κ2) is 4.11.